The molecule has 0 aliphatic carbocycles. The van der Waals surface area contributed by atoms with Crippen LogP contribution in [-0.4, -0.2) is 38.5 Å². The first kappa shape index (κ1) is 12.9. The zero-order valence-corrected chi connectivity index (χ0v) is 8.09. The average Bonchev–Trinajstić information content (AvgIpc) is 2.59. The predicted octanol–water partition coefficient (Wildman–Crippen LogP) is 0.961. The minimum absolute atomic E-state index is 0.0884. The molecule has 0 saturated carbocycles. The number of carbonyl (C=O) groups is 1. The molecule has 0 spiro atoms. The lowest BCUT2D eigenvalue weighted by Gasteiger charge is -2.18. The lowest BCUT2D eigenvalue weighted by molar-refractivity contribution is -0.495. The normalized spacial score (nSPS) is 13.4. The zero-order chi connectivity index (χ0) is 13.2. The van der Waals surface area contributed by atoms with Crippen molar-refractivity contribution >= 4 is 5.97 Å². The topological polar surface area (TPSA) is 98.3 Å². The van der Waals surface area contributed by atoms with Crippen molar-refractivity contribution in [3.05, 3.63) is 28.1 Å². The number of halogens is 3. The first-order valence-corrected chi connectivity index (χ1v) is 4.18. The van der Waals surface area contributed by atoms with E-state index in [9.17, 15) is 28.1 Å². The van der Waals surface area contributed by atoms with Crippen LogP contribution in [0.4, 0.5) is 13.2 Å². The Balaban J connectivity index is 3.17. The van der Waals surface area contributed by atoms with Crippen molar-refractivity contribution in [2.75, 3.05) is 6.54 Å². The summed E-state index contributed by atoms with van der Waals surface area (Å²) in [5.74, 6) is -1.64. The van der Waals surface area contributed by atoms with Crippen LogP contribution in [0, 0.1) is 10.1 Å². The molecule has 0 bridgehead atoms. The largest absolute Gasteiger partial charge is 0.477 e. The minimum atomic E-state index is -4.96. The molecule has 94 valence electrons. The van der Waals surface area contributed by atoms with Crippen molar-refractivity contribution in [3.63, 3.8) is 0 Å². The van der Waals surface area contributed by atoms with E-state index in [0.29, 0.717) is 0 Å². The highest BCUT2D eigenvalue weighted by atomic mass is 19.4. The van der Waals surface area contributed by atoms with E-state index in [4.69, 9.17) is 5.11 Å². The second-order valence-corrected chi connectivity index (χ2v) is 3.04. The van der Waals surface area contributed by atoms with E-state index in [2.05, 4.69) is 5.10 Å². The molecular formula is C7H6F3N3O4. The van der Waals surface area contributed by atoms with Gasteiger partial charge < -0.3 is 5.11 Å². The van der Waals surface area contributed by atoms with Gasteiger partial charge in [0.1, 0.15) is 5.69 Å². The van der Waals surface area contributed by atoms with Crippen LogP contribution in [-0.2, 0) is 0 Å². The van der Waals surface area contributed by atoms with Crippen molar-refractivity contribution in [3.8, 4) is 0 Å². The third kappa shape index (κ3) is 2.92. The Kier molecular flexibility index (Phi) is 3.34. The molecule has 1 aromatic heterocycles. The number of carboxylic acids is 1. The molecule has 0 amide bonds. The third-order valence-electron chi connectivity index (χ3n) is 1.88. The van der Waals surface area contributed by atoms with Gasteiger partial charge in [-0.1, -0.05) is 0 Å². The van der Waals surface area contributed by atoms with Crippen LogP contribution in [0.5, 0.6) is 0 Å². The van der Waals surface area contributed by atoms with Gasteiger partial charge in [-0.2, -0.15) is 18.3 Å². The summed E-state index contributed by atoms with van der Waals surface area (Å²) in [4.78, 5) is 19.6. The average molecular weight is 253 g/mol. The van der Waals surface area contributed by atoms with Gasteiger partial charge in [-0.05, 0) is 6.07 Å². The standard InChI is InChI=1S/C7H6F3N3O4/c8-7(9,10)5(3-12(16)17)13-4(6(14)15)1-2-11-13/h1-2,5H,3H2,(H,14,15). The van der Waals surface area contributed by atoms with E-state index in [1.165, 1.54) is 0 Å². The molecule has 0 aliphatic rings. The van der Waals surface area contributed by atoms with E-state index >= 15 is 0 Å². The maximum atomic E-state index is 12.5. The van der Waals surface area contributed by atoms with Crippen molar-refractivity contribution in [1.82, 2.24) is 9.78 Å². The number of nitro groups is 1. The first-order chi connectivity index (χ1) is 7.73. The van der Waals surface area contributed by atoms with Crippen molar-refractivity contribution in [1.29, 1.82) is 0 Å². The predicted molar refractivity (Wildman–Crippen MR) is 46.1 cm³/mol. The van der Waals surface area contributed by atoms with Gasteiger partial charge in [0.15, 0.2) is 0 Å². The number of nitrogens with zero attached hydrogens (tertiary/aromatic N) is 3. The van der Waals surface area contributed by atoms with Crippen LogP contribution in [0.15, 0.2) is 12.3 Å². The van der Waals surface area contributed by atoms with Gasteiger partial charge in [-0.15, -0.1) is 0 Å². The summed E-state index contributed by atoms with van der Waals surface area (Å²) in [5.41, 5.74) is -0.755. The van der Waals surface area contributed by atoms with E-state index in [1.807, 2.05) is 0 Å². The third-order valence-corrected chi connectivity index (χ3v) is 1.88. The number of hydrogen-bond acceptors (Lipinski definition) is 4. The molecule has 0 radical (unpaired) electrons. The van der Waals surface area contributed by atoms with Crippen molar-refractivity contribution in [2.24, 2.45) is 0 Å². The fraction of sp³-hybridized carbons (Fsp3) is 0.429. The van der Waals surface area contributed by atoms with Gasteiger partial charge in [-0.3, -0.25) is 10.1 Å². The summed E-state index contributed by atoms with van der Waals surface area (Å²) in [6, 6.07) is -1.76. The summed E-state index contributed by atoms with van der Waals surface area (Å²) in [7, 11) is 0. The SMILES string of the molecule is O=C(O)c1ccnn1C(C[N+](=O)[O-])C(F)(F)F. The lowest BCUT2D eigenvalue weighted by atomic mass is 10.2. The molecule has 1 unspecified atom stereocenters. The zero-order valence-electron chi connectivity index (χ0n) is 8.09. The van der Waals surface area contributed by atoms with E-state index in [0.717, 1.165) is 12.3 Å². The second kappa shape index (κ2) is 4.39. The van der Waals surface area contributed by atoms with E-state index in [1.54, 1.807) is 0 Å². The monoisotopic (exact) mass is 253 g/mol. The van der Waals surface area contributed by atoms with Gasteiger partial charge >= 0.3 is 12.1 Å². The van der Waals surface area contributed by atoms with Gasteiger partial charge in [0, 0.05) is 11.1 Å². The van der Waals surface area contributed by atoms with Crippen LogP contribution in [0.2, 0.25) is 0 Å². The fourth-order valence-electron chi connectivity index (χ4n) is 1.19. The second-order valence-electron chi connectivity index (χ2n) is 3.04. The van der Waals surface area contributed by atoms with Gasteiger partial charge in [0.25, 0.3) is 0 Å². The first-order valence-electron chi connectivity index (χ1n) is 4.18. The number of aromatic carboxylic acids is 1. The summed E-state index contributed by atoms with van der Waals surface area (Å²) < 4.78 is 37.7. The Morgan fingerprint density at radius 3 is 2.65 bits per heavy atom. The molecule has 0 fully saturated rings. The molecule has 17 heavy (non-hydrogen) atoms. The summed E-state index contributed by atoms with van der Waals surface area (Å²) in [6.07, 6.45) is -4.12. The quantitative estimate of drug-likeness (QED) is 0.636. The van der Waals surface area contributed by atoms with Crippen LogP contribution >= 0.6 is 0 Å². The van der Waals surface area contributed by atoms with E-state index < -0.39 is 35.3 Å². The molecular weight excluding hydrogens is 247 g/mol. The maximum absolute atomic E-state index is 12.5. The highest BCUT2D eigenvalue weighted by Crippen LogP contribution is 2.31. The van der Waals surface area contributed by atoms with Gasteiger partial charge in [0.2, 0.25) is 12.6 Å². The maximum Gasteiger partial charge on any atom is 0.417 e. The number of carboxylic acid groups (broad SMARTS) is 1. The summed E-state index contributed by atoms with van der Waals surface area (Å²) in [6.45, 7) is -1.48. The van der Waals surface area contributed by atoms with Crippen LogP contribution in [0.1, 0.15) is 16.5 Å². The number of rotatable bonds is 4. The van der Waals surface area contributed by atoms with Crippen LogP contribution in [0.3, 0.4) is 0 Å². The summed E-state index contributed by atoms with van der Waals surface area (Å²) >= 11 is 0. The molecule has 0 aromatic carbocycles. The Morgan fingerprint density at radius 1 is 1.65 bits per heavy atom. The molecule has 1 N–H and O–H groups in total. The number of hydrogen-bond donors (Lipinski definition) is 1. The number of aromatic nitrogens is 2. The van der Waals surface area contributed by atoms with Gasteiger partial charge in [-0.25, -0.2) is 9.48 Å². The molecule has 1 heterocycles. The summed E-state index contributed by atoms with van der Waals surface area (Å²) in [5, 5.41) is 21.9. The Labute approximate surface area is 91.6 Å². The molecule has 0 aliphatic heterocycles. The molecule has 1 atom stereocenters. The van der Waals surface area contributed by atoms with E-state index in [-0.39, 0.29) is 4.68 Å². The molecule has 10 heteroatoms. The fourth-order valence-corrected chi connectivity index (χ4v) is 1.19. The van der Waals surface area contributed by atoms with Gasteiger partial charge in [0.05, 0.1) is 0 Å². The molecule has 1 rings (SSSR count). The Bertz CT molecular complexity index is 442. The highest BCUT2D eigenvalue weighted by molar-refractivity contribution is 5.85. The molecule has 7 nitrogen and oxygen atoms in total. The van der Waals surface area contributed by atoms with Crippen LogP contribution in [0.25, 0.3) is 0 Å². The van der Waals surface area contributed by atoms with Crippen molar-refractivity contribution in [2.45, 2.75) is 12.2 Å². The van der Waals surface area contributed by atoms with Crippen LogP contribution < -0.4 is 0 Å². The minimum Gasteiger partial charge on any atom is -0.477 e. The molecule has 1 aromatic rings. The molecule has 0 saturated heterocycles. The van der Waals surface area contributed by atoms with Crippen molar-refractivity contribution < 1.29 is 28.0 Å². The lowest BCUT2D eigenvalue weighted by Crippen LogP contribution is -2.35. The highest BCUT2D eigenvalue weighted by Gasteiger charge is 2.46. The number of alkyl halides is 3. The Morgan fingerprint density at radius 2 is 2.24 bits per heavy atom. The smallest absolute Gasteiger partial charge is 0.417 e. The Hall–Kier alpha value is -2.13.